The Morgan fingerprint density at radius 1 is 1.34 bits per heavy atom. The Morgan fingerprint density at radius 3 is 2.77 bits per heavy atom. The van der Waals surface area contributed by atoms with Crippen LogP contribution in [0, 0.1) is 6.57 Å². The molecule has 3 aliphatic rings. The molecule has 190 valence electrons. The van der Waals surface area contributed by atoms with Crippen molar-refractivity contribution in [2.45, 2.75) is 88.2 Å². The first-order chi connectivity index (χ1) is 16.6. The van der Waals surface area contributed by atoms with Gasteiger partial charge in [0.25, 0.3) is 0 Å². The van der Waals surface area contributed by atoms with Gasteiger partial charge in [0.05, 0.1) is 44.4 Å². The van der Waals surface area contributed by atoms with Crippen molar-refractivity contribution in [1.29, 1.82) is 0 Å². The molecule has 35 heavy (non-hydrogen) atoms. The van der Waals surface area contributed by atoms with Gasteiger partial charge in [-0.1, -0.05) is 0 Å². The van der Waals surface area contributed by atoms with Crippen molar-refractivity contribution >= 4 is 11.3 Å². The normalized spacial score (nSPS) is 31.2. The van der Waals surface area contributed by atoms with Gasteiger partial charge >= 0.3 is 6.18 Å². The topological polar surface area (TPSA) is 75.1 Å². The molecule has 1 saturated heterocycles. The van der Waals surface area contributed by atoms with E-state index in [1.807, 2.05) is 6.20 Å². The van der Waals surface area contributed by atoms with E-state index >= 15 is 0 Å². The van der Waals surface area contributed by atoms with Crippen molar-refractivity contribution in [3.8, 4) is 0 Å². The number of aliphatic hydroxyl groups is 2. The maximum Gasteiger partial charge on any atom is 0.425 e. The van der Waals surface area contributed by atoms with Crippen LogP contribution in [0.2, 0.25) is 0 Å². The minimum Gasteiger partial charge on any atom is -0.392 e. The summed E-state index contributed by atoms with van der Waals surface area (Å²) in [6.07, 6.45) is 1.69. The summed E-state index contributed by atoms with van der Waals surface area (Å²) in [5, 5.41) is 24.6. The number of halogens is 3. The van der Waals surface area contributed by atoms with E-state index < -0.39 is 28.9 Å². The predicted molar refractivity (Wildman–Crippen MR) is 122 cm³/mol. The summed E-state index contributed by atoms with van der Waals surface area (Å²) in [7, 11) is 0. The third-order valence-electron chi connectivity index (χ3n) is 7.67. The molecule has 2 atom stereocenters. The van der Waals surface area contributed by atoms with Gasteiger partial charge in [-0.2, -0.15) is 18.3 Å². The van der Waals surface area contributed by atoms with E-state index in [2.05, 4.69) is 21.8 Å². The Bertz CT molecular complexity index is 1130. The van der Waals surface area contributed by atoms with Gasteiger partial charge in [-0.15, -0.1) is 11.3 Å². The number of piperidine rings is 1. The summed E-state index contributed by atoms with van der Waals surface area (Å²) in [6, 6.07) is -0.0367. The Balaban J connectivity index is 1.28. The fourth-order valence-electron chi connectivity index (χ4n) is 5.92. The molecule has 0 bridgehead atoms. The lowest BCUT2D eigenvalue weighted by Gasteiger charge is -2.47. The molecule has 2 aromatic rings. The number of likely N-dealkylation sites (tertiary alicyclic amines) is 1. The second kappa shape index (κ2) is 8.85. The minimum absolute atomic E-state index is 0.0125. The zero-order valence-electron chi connectivity index (χ0n) is 19.5. The molecule has 1 aliphatic carbocycles. The third kappa shape index (κ3) is 4.51. The van der Waals surface area contributed by atoms with Crippen LogP contribution in [-0.4, -0.2) is 55.7 Å². The second-order valence-corrected chi connectivity index (χ2v) is 11.2. The number of aliphatic hydroxyl groups excluding tert-OH is 1. The molecule has 0 radical (unpaired) electrons. The predicted octanol–water partition coefficient (Wildman–Crippen LogP) is 3.72. The van der Waals surface area contributed by atoms with Crippen LogP contribution in [0.15, 0.2) is 12.4 Å². The van der Waals surface area contributed by atoms with E-state index in [1.165, 1.54) is 0 Å². The fraction of sp³-hybridized carbons (Fsp3) is 0.667. The van der Waals surface area contributed by atoms with Gasteiger partial charge in [0.15, 0.2) is 0 Å². The van der Waals surface area contributed by atoms with Crippen molar-refractivity contribution in [1.82, 2.24) is 14.7 Å². The standard InChI is InChI=1S/C24H29F3N4O3S/c1-15-7-23(20-18(3-6-34-23)19(13-32)21(35-20)24(25,26)27)4-5-30(15)11-16-10-29-31(12-16)14-22(33)8-17(9-22)28-2/h10,12,15,17,32-33H,3-9,11,13-14H2,1H3/t15-,17?,22?,23+/m0/s1. The number of fused-ring (bicyclic) bond motifs is 2. The van der Waals surface area contributed by atoms with Crippen LogP contribution in [-0.2, 0) is 42.6 Å². The van der Waals surface area contributed by atoms with E-state index in [-0.39, 0.29) is 17.6 Å². The van der Waals surface area contributed by atoms with Crippen LogP contribution in [0.5, 0.6) is 0 Å². The van der Waals surface area contributed by atoms with Crippen molar-refractivity contribution in [3.05, 3.63) is 50.3 Å². The van der Waals surface area contributed by atoms with Crippen molar-refractivity contribution in [3.63, 3.8) is 0 Å². The first-order valence-electron chi connectivity index (χ1n) is 11.9. The quantitative estimate of drug-likeness (QED) is 0.600. The monoisotopic (exact) mass is 510 g/mol. The zero-order chi connectivity index (χ0) is 25.0. The van der Waals surface area contributed by atoms with Crippen LogP contribution in [0.25, 0.3) is 4.85 Å². The van der Waals surface area contributed by atoms with Gasteiger partial charge in [0.1, 0.15) is 10.5 Å². The summed E-state index contributed by atoms with van der Waals surface area (Å²) >= 11 is 0.740. The lowest BCUT2D eigenvalue weighted by Crippen LogP contribution is -2.50. The highest BCUT2D eigenvalue weighted by atomic mass is 32.1. The molecule has 0 unspecified atom stereocenters. The molecule has 2 N–H and O–H groups in total. The lowest BCUT2D eigenvalue weighted by molar-refractivity contribution is -0.135. The molecule has 2 aliphatic heterocycles. The molecule has 5 rings (SSSR count). The molecule has 0 amide bonds. The average molecular weight is 511 g/mol. The molecule has 2 fully saturated rings. The number of nitrogens with zero attached hydrogens (tertiary/aromatic N) is 4. The molecule has 1 spiro atoms. The fourth-order valence-corrected chi connectivity index (χ4v) is 7.33. The number of alkyl halides is 3. The van der Waals surface area contributed by atoms with Gasteiger partial charge in [0, 0.05) is 41.3 Å². The van der Waals surface area contributed by atoms with Crippen LogP contribution in [0.1, 0.15) is 59.1 Å². The highest BCUT2D eigenvalue weighted by Crippen LogP contribution is 2.51. The highest BCUT2D eigenvalue weighted by Gasteiger charge is 2.49. The molecular formula is C24H29F3N4O3S. The SMILES string of the molecule is [C-]#[N+]C1CC(O)(Cn2cc(CN3CC[C@]4(C[C@@H]3C)OCCc3c4sc(C(F)(F)F)c3CO)cn2)C1. The molecule has 2 aromatic heterocycles. The number of aromatic nitrogens is 2. The number of ether oxygens (including phenoxy) is 1. The molecular weight excluding hydrogens is 481 g/mol. The van der Waals surface area contributed by atoms with E-state index in [0.717, 1.165) is 16.9 Å². The van der Waals surface area contributed by atoms with Gasteiger partial charge < -0.3 is 19.8 Å². The maximum absolute atomic E-state index is 13.6. The van der Waals surface area contributed by atoms with Crippen LogP contribution < -0.4 is 0 Å². The van der Waals surface area contributed by atoms with E-state index in [0.29, 0.717) is 68.8 Å². The average Bonchev–Trinajstić information content (AvgIpc) is 3.38. The van der Waals surface area contributed by atoms with Crippen LogP contribution in [0.4, 0.5) is 13.2 Å². The number of rotatable bonds is 5. The Labute approximate surface area is 205 Å². The summed E-state index contributed by atoms with van der Waals surface area (Å²) in [5.74, 6) is 0. The summed E-state index contributed by atoms with van der Waals surface area (Å²) < 4.78 is 48.8. The van der Waals surface area contributed by atoms with Gasteiger partial charge in [-0.25, -0.2) is 6.57 Å². The minimum atomic E-state index is -4.49. The number of thiophene rings is 1. The summed E-state index contributed by atoms with van der Waals surface area (Å²) in [5.41, 5.74) is 0.00758. The molecule has 7 nitrogen and oxygen atoms in total. The Hall–Kier alpha value is -1.97. The number of hydrogen-bond donors (Lipinski definition) is 2. The second-order valence-electron chi connectivity index (χ2n) is 10.2. The van der Waals surface area contributed by atoms with Crippen molar-refractivity contribution in [2.24, 2.45) is 0 Å². The zero-order valence-corrected chi connectivity index (χ0v) is 20.3. The smallest absolute Gasteiger partial charge is 0.392 e. The van der Waals surface area contributed by atoms with Crippen LogP contribution >= 0.6 is 11.3 Å². The van der Waals surface area contributed by atoms with Gasteiger partial charge in [-0.05, 0) is 31.7 Å². The molecule has 1 saturated carbocycles. The molecule has 4 heterocycles. The Morgan fingerprint density at radius 2 is 2.11 bits per heavy atom. The molecule has 11 heteroatoms. The highest BCUT2D eigenvalue weighted by molar-refractivity contribution is 7.12. The summed E-state index contributed by atoms with van der Waals surface area (Å²) in [4.78, 5) is 5.68. The van der Waals surface area contributed by atoms with E-state index in [1.54, 1.807) is 10.9 Å². The number of hydrogen-bond acceptors (Lipinski definition) is 6. The largest absolute Gasteiger partial charge is 0.425 e. The summed E-state index contributed by atoms with van der Waals surface area (Å²) in [6.45, 7) is 10.5. The van der Waals surface area contributed by atoms with Crippen molar-refractivity contribution < 1.29 is 28.1 Å². The molecule has 0 aromatic carbocycles. The van der Waals surface area contributed by atoms with E-state index in [9.17, 15) is 23.4 Å². The Kier molecular flexibility index (Phi) is 6.25. The first kappa shape index (κ1) is 24.7. The van der Waals surface area contributed by atoms with E-state index in [4.69, 9.17) is 11.3 Å². The van der Waals surface area contributed by atoms with Crippen molar-refractivity contribution in [2.75, 3.05) is 13.2 Å². The third-order valence-corrected chi connectivity index (χ3v) is 9.17. The lowest BCUT2D eigenvalue weighted by atomic mass is 9.76. The van der Waals surface area contributed by atoms with Gasteiger partial charge in [-0.3, -0.25) is 9.58 Å². The van der Waals surface area contributed by atoms with Gasteiger partial charge in [0.2, 0.25) is 6.04 Å². The maximum atomic E-state index is 13.6. The van der Waals surface area contributed by atoms with Crippen LogP contribution in [0.3, 0.4) is 0 Å². The first-order valence-corrected chi connectivity index (χ1v) is 12.7.